The first-order chi connectivity index (χ1) is 11.6. The summed E-state index contributed by atoms with van der Waals surface area (Å²) in [6.07, 6.45) is 5.42. The normalized spacial score (nSPS) is 16.9. The van der Waals surface area contributed by atoms with Crippen molar-refractivity contribution in [2.45, 2.75) is 51.0 Å². The van der Waals surface area contributed by atoms with Gasteiger partial charge < -0.3 is 20.7 Å². The van der Waals surface area contributed by atoms with Gasteiger partial charge in [-0.1, -0.05) is 31.4 Å². The summed E-state index contributed by atoms with van der Waals surface area (Å²) in [7, 11) is 0. The molecule has 4 N–H and O–H groups in total. The van der Waals surface area contributed by atoms with Gasteiger partial charge >= 0.3 is 6.03 Å². The van der Waals surface area contributed by atoms with Gasteiger partial charge in [-0.3, -0.25) is 0 Å². The number of hydrogen-bond acceptors (Lipinski definition) is 3. The molecule has 0 saturated heterocycles. The molecule has 1 fully saturated rings. The van der Waals surface area contributed by atoms with Crippen LogP contribution in [-0.2, 0) is 6.42 Å². The van der Waals surface area contributed by atoms with E-state index in [0.717, 1.165) is 48.1 Å². The Hall–Kier alpha value is -2.08. The van der Waals surface area contributed by atoms with E-state index in [9.17, 15) is 9.90 Å². The van der Waals surface area contributed by atoms with E-state index < -0.39 is 5.60 Å². The van der Waals surface area contributed by atoms with Crippen LogP contribution in [0.4, 0.5) is 4.79 Å². The fraction of sp³-hybridized carbons (Fsp3) is 0.556. The van der Waals surface area contributed by atoms with Crippen molar-refractivity contribution in [1.29, 1.82) is 0 Å². The van der Waals surface area contributed by atoms with E-state index in [2.05, 4.69) is 20.6 Å². The summed E-state index contributed by atoms with van der Waals surface area (Å²) < 4.78 is 0. The molecule has 24 heavy (non-hydrogen) atoms. The third-order valence-electron chi connectivity index (χ3n) is 4.77. The predicted octanol–water partition coefficient (Wildman–Crippen LogP) is 2.41. The minimum Gasteiger partial charge on any atom is -0.388 e. The molecule has 1 aliphatic rings. The third kappa shape index (κ3) is 4.06. The van der Waals surface area contributed by atoms with Crippen molar-refractivity contribution in [3.8, 4) is 0 Å². The molecule has 130 valence electrons. The Morgan fingerprint density at radius 1 is 1.29 bits per heavy atom. The summed E-state index contributed by atoms with van der Waals surface area (Å²) in [6.45, 7) is 2.86. The number of imidazole rings is 1. The van der Waals surface area contributed by atoms with E-state index >= 15 is 0 Å². The lowest BCUT2D eigenvalue weighted by atomic mass is 9.85. The lowest BCUT2D eigenvalue weighted by molar-refractivity contribution is 0.00720. The molecule has 6 nitrogen and oxygen atoms in total. The van der Waals surface area contributed by atoms with E-state index in [4.69, 9.17) is 0 Å². The Kier molecular flexibility index (Phi) is 5.04. The van der Waals surface area contributed by atoms with E-state index in [1.807, 2.05) is 25.1 Å². The smallest absolute Gasteiger partial charge is 0.314 e. The molecule has 0 aliphatic heterocycles. The van der Waals surface area contributed by atoms with E-state index in [0.29, 0.717) is 19.5 Å². The summed E-state index contributed by atoms with van der Waals surface area (Å²) >= 11 is 0. The molecule has 1 aliphatic carbocycles. The van der Waals surface area contributed by atoms with Crippen LogP contribution in [-0.4, -0.2) is 39.8 Å². The number of benzene rings is 1. The van der Waals surface area contributed by atoms with Crippen LogP contribution in [0.15, 0.2) is 18.2 Å². The monoisotopic (exact) mass is 330 g/mol. The number of nitrogens with zero attached hydrogens (tertiary/aromatic N) is 1. The summed E-state index contributed by atoms with van der Waals surface area (Å²) in [5.41, 5.74) is 2.41. The zero-order valence-electron chi connectivity index (χ0n) is 14.2. The van der Waals surface area contributed by atoms with Crippen molar-refractivity contribution in [1.82, 2.24) is 20.6 Å². The van der Waals surface area contributed by atoms with Crippen molar-refractivity contribution < 1.29 is 9.90 Å². The number of aryl methyl sites for hydroxylation is 1. The van der Waals surface area contributed by atoms with Crippen LogP contribution >= 0.6 is 0 Å². The molecular weight excluding hydrogens is 304 g/mol. The zero-order valence-corrected chi connectivity index (χ0v) is 14.2. The number of fused-ring (bicyclic) bond motifs is 1. The first kappa shape index (κ1) is 16.8. The Labute approximate surface area is 142 Å². The molecule has 0 spiro atoms. The van der Waals surface area contributed by atoms with Crippen LogP contribution in [0.3, 0.4) is 0 Å². The van der Waals surface area contributed by atoms with Crippen LogP contribution in [0, 0.1) is 6.92 Å². The summed E-state index contributed by atoms with van der Waals surface area (Å²) in [5, 5.41) is 16.0. The largest absolute Gasteiger partial charge is 0.388 e. The number of hydrogen-bond donors (Lipinski definition) is 4. The topological polar surface area (TPSA) is 90.0 Å². The highest BCUT2D eigenvalue weighted by Crippen LogP contribution is 2.27. The molecule has 1 aromatic heterocycles. The summed E-state index contributed by atoms with van der Waals surface area (Å²) in [5.74, 6) is 0.866. The van der Waals surface area contributed by atoms with Crippen molar-refractivity contribution in [3.63, 3.8) is 0 Å². The quantitative estimate of drug-likeness (QED) is 0.678. The molecule has 0 unspecified atom stereocenters. The SMILES string of the molecule is Cc1cccc2[nH]c(CCNC(=O)NCC3(O)CCCCC3)nc12. The van der Waals surface area contributed by atoms with Gasteiger partial charge in [0.05, 0.1) is 16.6 Å². The number of aromatic amines is 1. The molecule has 2 aromatic rings. The number of carbonyl (C=O) groups is 1. The fourth-order valence-corrected chi connectivity index (χ4v) is 3.33. The number of H-pyrrole nitrogens is 1. The number of carbonyl (C=O) groups excluding carboxylic acids is 1. The van der Waals surface area contributed by atoms with Gasteiger partial charge in [0, 0.05) is 19.5 Å². The molecule has 6 heteroatoms. The number of aromatic nitrogens is 2. The summed E-state index contributed by atoms with van der Waals surface area (Å²) in [4.78, 5) is 19.7. The number of para-hydroxylation sites is 1. The third-order valence-corrected chi connectivity index (χ3v) is 4.77. The minimum atomic E-state index is -0.730. The second kappa shape index (κ2) is 7.21. The van der Waals surface area contributed by atoms with Gasteiger partial charge in [0.1, 0.15) is 5.82 Å². The summed E-state index contributed by atoms with van der Waals surface area (Å²) in [6, 6.07) is 5.81. The first-order valence-electron chi connectivity index (χ1n) is 8.74. The van der Waals surface area contributed by atoms with Gasteiger partial charge in [0.15, 0.2) is 0 Å². The van der Waals surface area contributed by atoms with Gasteiger partial charge in [0.25, 0.3) is 0 Å². The van der Waals surface area contributed by atoms with Crippen LogP contribution in [0.5, 0.6) is 0 Å². The number of nitrogens with one attached hydrogen (secondary N) is 3. The van der Waals surface area contributed by atoms with Gasteiger partial charge in [-0.05, 0) is 31.4 Å². The molecule has 0 radical (unpaired) electrons. The molecule has 1 saturated carbocycles. The molecule has 3 rings (SSSR count). The van der Waals surface area contributed by atoms with Gasteiger partial charge in [0.2, 0.25) is 0 Å². The molecule has 2 amide bonds. The zero-order chi connectivity index (χ0) is 17.0. The Morgan fingerprint density at radius 2 is 2.08 bits per heavy atom. The lowest BCUT2D eigenvalue weighted by Gasteiger charge is -2.32. The number of aliphatic hydroxyl groups is 1. The number of rotatable bonds is 5. The Bertz CT molecular complexity index is 704. The lowest BCUT2D eigenvalue weighted by Crippen LogP contribution is -2.47. The van der Waals surface area contributed by atoms with Crippen molar-refractivity contribution in [2.24, 2.45) is 0 Å². The van der Waals surface area contributed by atoms with Gasteiger partial charge in [-0.25, -0.2) is 9.78 Å². The average molecular weight is 330 g/mol. The van der Waals surface area contributed by atoms with Gasteiger partial charge in [-0.2, -0.15) is 0 Å². The highest BCUT2D eigenvalue weighted by atomic mass is 16.3. The molecule has 0 bridgehead atoms. The van der Waals surface area contributed by atoms with E-state index in [-0.39, 0.29) is 6.03 Å². The minimum absolute atomic E-state index is 0.235. The second-order valence-electron chi connectivity index (χ2n) is 6.80. The fourth-order valence-electron chi connectivity index (χ4n) is 3.33. The maximum absolute atomic E-state index is 11.9. The van der Waals surface area contributed by atoms with Crippen LogP contribution in [0.2, 0.25) is 0 Å². The van der Waals surface area contributed by atoms with Crippen molar-refractivity contribution in [2.75, 3.05) is 13.1 Å². The number of urea groups is 1. The molecular formula is C18H26N4O2. The average Bonchev–Trinajstić information content (AvgIpc) is 2.98. The maximum Gasteiger partial charge on any atom is 0.314 e. The second-order valence-corrected chi connectivity index (χ2v) is 6.80. The van der Waals surface area contributed by atoms with Crippen LogP contribution in [0.1, 0.15) is 43.5 Å². The Balaban J connectivity index is 1.43. The first-order valence-corrected chi connectivity index (χ1v) is 8.74. The number of amides is 2. The van der Waals surface area contributed by atoms with E-state index in [1.165, 1.54) is 6.42 Å². The van der Waals surface area contributed by atoms with Crippen LogP contribution in [0.25, 0.3) is 11.0 Å². The predicted molar refractivity (Wildman–Crippen MR) is 94.0 cm³/mol. The van der Waals surface area contributed by atoms with Crippen molar-refractivity contribution >= 4 is 17.1 Å². The van der Waals surface area contributed by atoms with Crippen molar-refractivity contribution in [3.05, 3.63) is 29.6 Å². The van der Waals surface area contributed by atoms with E-state index in [1.54, 1.807) is 0 Å². The standard InChI is InChI=1S/C18H26N4O2/c1-13-6-5-7-14-16(13)22-15(21-14)8-11-19-17(23)20-12-18(24)9-3-2-4-10-18/h5-7,24H,2-4,8-12H2,1H3,(H,21,22)(H2,19,20,23). The molecule has 1 heterocycles. The molecule has 1 aromatic carbocycles. The Morgan fingerprint density at radius 3 is 2.83 bits per heavy atom. The van der Waals surface area contributed by atoms with Gasteiger partial charge in [-0.15, -0.1) is 0 Å². The highest BCUT2D eigenvalue weighted by molar-refractivity contribution is 5.78. The maximum atomic E-state index is 11.9. The highest BCUT2D eigenvalue weighted by Gasteiger charge is 2.29. The van der Waals surface area contributed by atoms with Crippen LogP contribution < -0.4 is 10.6 Å². The molecule has 0 atom stereocenters.